The number of aromatic nitrogens is 1. The summed E-state index contributed by atoms with van der Waals surface area (Å²) in [5.74, 6) is 1.57. The summed E-state index contributed by atoms with van der Waals surface area (Å²) >= 11 is 0. The number of hydrogen-bond donors (Lipinski definition) is 2. The Morgan fingerprint density at radius 1 is 1.26 bits per heavy atom. The van der Waals surface area contributed by atoms with Crippen molar-refractivity contribution in [3.8, 4) is 0 Å². The highest BCUT2D eigenvalue weighted by atomic mass is 16.1. The molecule has 1 unspecified atom stereocenters. The van der Waals surface area contributed by atoms with Crippen molar-refractivity contribution in [1.29, 1.82) is 0 Å². The molecule has 5 heteroatoms. The molecule has 0 saturated heterocycles. The zero-order valence-electron chi connectivity index (χ0n) is 22.4. The molecular weight excluding hydrogens is 432 g/mol. The molecule has 1 aliphatic heterocycles. The zero-order valence-corrected chi connectivity index (χ0v) is 22.4. The van der Waals surface area contributed by atoms with Gasteiger partial charge in [0, 0.05) is 31.1 Å². The molecule has 0 spiro atoms. The van der Waals surface area contributed by atoms with Gasteiger partial charge in [-0.2, -0.15) is 0 Å². The number of nitrogens with zero attached hydrogens (tertiary/aromatic N) is 2. The highest BCUT2D eigenvalue weighted by molar-refractivity contribution is 5.94. The van der Waals surface area contributed by atoms with E-state index in [9.17, 15) is 4.79 Å². The summed E-state index contributed by atoms with van der Waals surface area (Å²) in [6.07, 6.45) is 13.8. The van der Waals surface area contributed by atoms with Crippen LogP contribution in [0.2, 0.25) is 0 Å². The van der Waals surface area contributed by atoms with Crippen LogP contribution in [-0.2, 0) is 12.1 Å². The van der Waals surface area contributed by atoms with Gasteiger partial charge in [-0.25, -0.2) is 0 Å². The monoisotopic (exact) mass is 476 g/mol. The molecule has 2 heterocycles. The SMILES string of the molecule is C/C=C(/CNC(=O)c1ccn(CC)c1)NC1=NC(C)(c2cccc([C@H](CC)CCCC)c2)CCC1. The molecule has 1 aliphatic rings. The normalized spacial score (nSPS) is 19.2. The van der Waals surface area contributed by atoms with Crippen molar-refractivity contribution >= 4 is 11.7 Å². The van der Waals surface area contributed by atoms with Crippen molar-refractivity contribution in [3.63, 3.8) is 0 Å². The lowest BCUT2D eigenvalue weighted by atomic mass is 9.82. The second-order valence-electron chi connectivity index (χ2n) is 9.91. The molecule has 1 aromatic carbocycles. The summed E-state index contributed by atoms with van der Waals surface area (Å²) in [4.78, 5) is 17.8. The molecule has 1 aromatic heterocycles. The third-order valence-electron chi connectivity index (χ3n) is 7.31. The van der Waals surface area contributed by atoms with Gasteiger partial charge in [0.2, 0.25) is 0 Å². The first kappa shape index (κ1) is 26.8. The molecule has 190 valence electrons. The minimum absolute atomic E-state index is 0.0564. The van der Waals surface area contributed by atoms with E-state index >= 15 is 0 Å². The lowest BCUT2D eigenvalue weighted by Gasteiger charge is -2.32. The van der Waals surface area contributed by atoms with E-state index in [1.54, 1.807) is 0 Å². The van der Waals surface area contributed by atoms with Gasteiger partial charge < -0.3 is 15.2 Å². The highest BCUT2D eigenvalue weighted by Gasteiger charge is 2.30. The Bertz CT molecular complexity index is 1030. The number of allylic oxidation sites excluding steroid dienone is 1. The van der Waals surface area contributed by atoms with Crippen LogP contribution >= 0.6 is 0 Å². The van der Waals surface area contributed by atoms with Gasteiger partial charge in [-0.15, -0.1) is 0 Å². The van der Waals surface area contributed by atoms with Crippen molar-refractivity contribution in [3.05, 3.63) is 71.2 Å². The van der Waals surface area contributed by atoms with E-state index < -0.39 is 0 Å². The van der Waals surface area contributed by atoms with E-state index in [0.717, 1.165) is 37.3 Å². The van der Waals surface area contributed by atoms with Gasteiger partial charge in [0.1, 0.15) is 5.84 Å². The van der Waals surface area contributed by atoms with E-state index in [4.69, 9.17) is 4.99 Å². The average Bonchev–Trinajstić information content (AvgIpc) is 3.37. The van der Waals surface area contributed by atoms with Crippen LogP contribution in [0.5, 0.6) is 0 Å². The minimum Gasteiger partial charge on any atom is -0.354 e. The second kappa shape index (κ2) is 12.8. The quantitative estimate of drug-likeness (QED) is 0.370. The van der Waals surface area contributed by atoms with E-state index in [0.29, 0.717) is 18.0 Å². The first-order chi connectivity index (χ1) is 16.9. The summed E-state index contributed by atoms with van der Waals surface area (Å²) in [5, 5.41) is 6.56. The molecule has 35 heavy (non-hydrogen) atoms. The summed E-state index contributed by atoms with van der Waals surface area (Å²) in [5.41, 5.74) is 4.18. The number of aryl methyl sites for hydroxylation is 1. The van der Waals surface area contributed by atoms with Crippen LogP contribution < -0.4 is 10.6 Å². The van der Waals surface area contributed by atoms with Crippen molar-refractivity contribution in [1.82, 2.24) is 15.2 Å². The predicted molar refractivity (Wildman–Crippen MR) is 147 cm³/mol. The van der Waals surface area contributed by atoms with Gasteiger partial charge in [0.25, 0.3) is 5.91 Å². The fourth-order valence-electron chi connectivity index (χ4n) is 4.95. The molecule has 0 aliphatic carbocycles. The maximum atomic E-state index is 12.5. The van der Waals surface area contributed by atoms with Crippen molar-refractivity contribution < 1.29 is 4.79 Å². The van der Waals surface area contributed by atoms with Crippen molar-refractivity contribution in [2.45, 2.75) is 97.6 Å². The van der Waals surface area contributed by atoms with Crippen LogP contribution in [0.4, 0.5) is 0 Å². The molecule has 3 rings (SSSR count). The smallest absolute Gasteiger partial charge is 0.253 e. The lowest BCUT2D eigenvalue weighted by molar-refractivity contribution is 0.0956. The molecule has 2 aromatic rings. The van der Waals surface area contributed by atoms with E-state index in [-0.39, 0.29) is 11.4 Å². The molecule has 2 atom stereocenters. The van der Waals surface area contributed by atoms with Crippen LogP contribution in [-0.4, -0.2) is 22.9 Å². The number of carbonyl (C=O) groups excluding carboxylic acids is 1. The molecule has 2 N–H and O–H groups in total. The van der Waals surface area contributed by atoms with Gasteiger partial charge in [-0.1, -0.05) is 57.0 Å². The number of nitrogens with one attached hydrogen (secondary N) is 2. The first-order valence-corrected chi connectivity index (χ1v) is 13.5. The van der Waals surface area contributed by atoms with Crippen LogP contribution in [0.15, 0.2) is 59.5 Å². The summed E-state index contributed by atoms with van der Waals surface area (Å²) in [6.45, 7) is 12.2. The van der Waals surface area contributed by atoms with Crippen LogP contribution in [0.3, 0.4) is 0 Å². The molecular formula is C30H44N4O. The third-order valence-corrected chi connectivity index (χ3v) is 7.31. The van der Waals surface area contributed by atoms with Gasteiger partial charge in [0.05, 0.1) is 17.6 Å². The van der Waals surface area contributed by atoms with E-state index in [1.165, 1.54) is 36.8 Å². The largest absolute Gasteiger partial charge is 0.354 e. The number of amides is 1. The van der Waals surface area contributed by atoms with Gasteiger partial charge in [0.15, 0.2) is 0 Å². The number of carbonyl (C=O) groups is 1. The topological polar surface area (TPSA) is 58.4 Å². The van der Waals surface area contributed by atoms with E-state index in [2.05, 4.69) is 62.6 Å². The third kappa shape index (κ3) is 7.09. The molecule has 0 radical (unpaired) electrons. The fourth-order valence-corrected chi connectivity index (χ4v) is 4.95. The van der Waals surface area contributed by atoms with Crippen LogP contribution in [0, 0.1) is 0 Å². The molecule has 0 fully saturated rings. The number of benzene rings is 1. The number of unbranched alkanes of at least 4 members (excludes halogenated alkanes) is 1. The highest BCUT2D eigenvalue weighted by Crippen LogP contribution is 2.37. The minimum atomic E-state index is -0.231. The zero-order chi connectivity index (χ0) is 25.3. The Hall–Kier alpha value is -2.82. The van der Waals surface area contributed by atoms with Gasteiger partial charge in [-0.05, 0) is 69.6 Å². The molecule has 5 nitrogen and oxygen atoms in total. The molecule has 0 bridgehead atoms. The standard InChI is InChI=1S/C30H44N4O/c1-6-10-13-23(7-2)24-14-11-15-26(20-24)30(5)18-12-16-28(33-30)32-27(8-3)21-31-29(35)25-17-19-34(9-4)22-25/h8,11,14-15,17,19-20,22-23H,6-7,9-10,12-13,16,18,21H2,1-5H3,(H,31,35)(H,32,33)/b27-8-/t23-,30?/m1/s1. The summed E-state index contributed by atoms with van der Waals surface area (Å²) < 4.78 is 2.00. The number of amidine groups is 1. The van der Waals surface area contributed by atoms with Crippen molar-refractivity contribution in [2.24, 2.45) is 4.99 Å². The summed E-state index contributed by atoms with van der Waals surface area (Å²) in [6, 6.07) is 11.0. The van der Waals surface area contributed by atoms with Gasteiger partial charge in [-0.3, -0.25) is 9.79 Å². The number of hydrogen-bond acceptors (Lipinski definition) is 3. The Morgan fingerprint density at radius 3 is 2.77 bits per heavy atom. The lowest BCUT2D eigenvalue weighted by Crippen LogP contribution is -2.36. The Kier molecular flexibility index (Phi) is 9.76. The average molecular weight is 477 g/mol. The molecule has 0 saturated carbocycles. The predicted octanol–water partition coefficient (Wildman–Crippen LogP) is 6.91. The van der Waals surface area contributed by atoms with E-state index in [1.807, 2.05) is 36.0 Å². The summed E-state index contributed by atoms with van der Waals surface area (Å²) in [7, 11) is 0. The first-order valence-electron chi connectivity index (χ1n) is 13.5. The Balaban J connectivity index is 1.69. The van der Waals surface area contributed by atoms with Crippen LogP contribution in [0.1, 0.15) is 107 Å². The maximum absolute atomic E-state index is 12.5. The fraction of sp³-hybridized carbons (Fsp3) is 0.533. The van der Waals surface area contributed by atoms with Crippen molar-refractivity contribution in [2.75, 3.05) is 6.54 Å². The number of aliphatic imine (C=N–C) groups is 1. The maximum Gasteiger partial charge on any atom is 0.253 e. The Morgan fingerprint density at radius 2 is 2.09 bits per heavy atom. The second-order valence-corrected chi connectivity index (χ2v) is 9.91. The van der Waals surface area contributed by atoms with Crippen LogP contribution in [0.25, 0.3) is 0 Å². The number of rotatable bonds is 11. The molecule has 1 amide bonds. The Labute approximate surface area is 212 Å². The van der Waals surface area contributed by atoms with Gasteiger partial charge >= 0.3 is 0 Å².